The van der Waals surface area contributed by atoms with Crippen molar-refractivity contribution in [1.82, 2.24) is 0 Å². The number of rotatable bonds is 3. The fraction of sp³-hybridized carbons (Fsp3) is 0.769. The molecular formula is C13H22O2. The van der Waals surface area contributed by atoms with Gasteiger partial charge in [0.1, 0.15) is 6.10 Å². The van der Waals surface area contributed by atoms with Gasteiger partial charge in [0.25, 0.3) is 0 Å². The summed E-state index contributed by atoms with van der Waals surface area (Å²) < 4.78 is 5.40. The first-order valence-corrected chi connectivity index (χ1v) is 5.91. The molecule has 1 rings (SSSR count). The summed E-state index contributed by atoms with van der Waals surface area (Å²) in [4.78, 5) is 11.2. The van der Waals surface area contributed by atoms with Crippen molar-refractivity contribution in [3.05, 3.63) is 12.7 Å². The van der Waals surface area contributed by atoms with Gasteiger partial charge in [-0.05, 0) is 30.6 Å². The molecule has 1 aliphatic rings. The number of carbonyl (C=O) groups excluding carboxylic acids is 1. The van der Waals surface area contributed by atoms with Crippen molar-refractivity contribution in [2.24, 2.45) is 17.8 Å². The predicted molar refractivity (Wildman–Crippen MR) is 61.4 cm³/mol. The molecule has 0 aliphatic heterocycles. The van der Waals surface area contributed by atoms with Crippen LogP contribution in [-0.4, -0.2) is 12.1 Å². The summed E-state index contributed by atoms with van der Waals surface area (Å²) >= 11 is 0. The fourth-order valence-corrected chi connectivity index (χ4v) is 2.72. The van der Waals surface area contributed by atoms with Gasteiger partial charge < -0.3 is 4.74 Å². The molecule has 0 saturated heterocycles. The summed E-state index contributed by atoms with van der Waals surface area (Å²) in [5, 5.41) is 0. The Morgan fingerprint density at radius 2 is 1.93 bits per heavy atom. The Labute approximate surface area is 92.7 Å². The normalized spacial score (nSPS) is 35.9. The van der Waals surface area contributed by atoms with Crippen LogP contribution in [0.5, 0.6) is 0 Å². The Bertz CT molecular complexity index is 223. The molecule has 0 aromatic carbocycles. The Balaban J connectivity index is 2.57. The zero-order valence-electron chi connectivity index (χ0n) is 10.0. The Kier molecular flexibility index (Phi) is 4.37. The molecule has 86 valence electrons. The van der Waals surface area contributed by atoms with E-state index in [4.69, 9.17) is 4.74 Å². The van der Waals surface area contributed by atoms with Gasteiger partial charge >= 0.3 is 5.97 Å². The smallest absolute Gasteiger partial charge is 0.330 e. The van der Waals surface area contributed by atoms with Crippen molar-refractivity contribution in [3.63, 3.8) is 0 Å². The molecule has 2 unspecified atom stereocenters. The molecule has 0 N–H and O–H groups in total. The molecule has 2 heteroatoms. The van der Waals surface area contributed by atoms with Crippen LogP contribution < -0.4 is 0 Å². The van der Waals surface area contributed by atoms with Crippen LogP contribution in [0.2, 0.25) is 0 Å². The number of carbonyl (C=O) groups is 1. The molecule has 1 saturated carbocycles. The van der Waals surface area contributed by atoms with E-state index in [1.165, 1.54) is 25.3 Å². The highest BCUT2D eigenvalue weighted by atomic mass is 16.5. The lowest BCUT2D eigenvalue weighted by Gasteiger charge is -2.38. The number of esters is 1. The van der Waals surface area contributed by atoms with Gasteiger partial charge in [-0.3, -0.25) is 0 Å². The van der Waals surface area contributed by atoms with Gasteiger partial charge in [-0.25, -0.2) is 4.79 Å². The Morgan fingerprint density at radius 1 is 1.40 bits per heavy atom. The summed E-state index contributed by atoms with van der Waals surface area (Å²) in [6.45, 7) is 10.0. The minimum atomic E-state index is -0.284. The van der Waals surface area contributed by atoms with E-state index < -0.39 is 0 Å². The van der Waals surface area contributed by atoms with E-state index in [1.54, 1.807) is 0 Å². The molecule has 1 aliphatic carbocycles. The first-order chi connectivity index (χ1) is 7.08. The lowest BCUT2D eigenvalue weighted by atomic mass is 9.73. The van der Waals surface area contributed by atoms with Crippen molar-refractivity contribution in [3.8, 4) is 0 Å². The molecule has 0 aromatic heterocycles. The topological polar surface area (TPSA) is 26.3 Å². The molecule has 0 bridgehead atoms. The highest BCUT2D eigenvalue weighted by Crippen LogP contribution is 2.36. The fourth-order valence-electron chi connectivity index (χ4n) is 2.72. The second kappa shape index (κ2) is 5.34. The number of ether oxygens (including phenoxy) is 1. The van der Waals surface area contributed by atoms with Crippen LogP contribution in [-0.2, 0) is 9.53 Å². The zero-order chi connectivity index (χ0) is 11.4. The minimum Gasteiger partial charge on any atom is -0.459 e. The number of hydrogen-bond donors (Lipinski definition) is 0. The SMILES string of the molecule is C=CC(=O)OC1C(C)CC(CC)CC1C. The van der Waals surface area contributed by atoms with E-state index in [2.05, 4.69) is 27.4 Å². The van der Waals surface area contributed by atoms with E-state index in [9.17, 15) is 4.79 Å². The van der Waals surface area contributed by atoms with Crippen molar-refractivity contribution in [2.45, 2.75) is 46.1 Å². The summed E-state index contributed by atoms with van der Waals surface area (Å²) in [5.74, 6) is 1.47. The van der Waals surface area contributed by atoms with E-state index in [0.717, 1.165) is 5.92 Å². The maximum absolute atomic E-state index is 11.2. The molecule has 0 heterocycles. The quantitative estimate of drug-likeness (QED) is 0.528. The standard InChI is InChI=1S/C13H22O2/c1-5-11-7-9(3)13(10(4)8-11)15-12(14)6-2/h6,9-11,13H,2,5,7-8H2,1,3-4H3. The molecule has 0 radical (unpaired) electrons. The van der Waals surface area contributed by atoms with E-state index in [-0.39, 0.29) is 12.1 Å². The van der Waals surface area contributed by atoms with Crippen LogP contribution in [0.15, 0.2) is 12.7 Å². The van der Waals surface area contributed by atoms with Gasteiger partial charge in [-0.15, -0.1) is 0 Å². The van der Waals surface area contributed by atoms with E-state index in [0.29, 0.717) is 11.8 Å². The van der Waals surface area contributed by atoms with Gasteiger partial charge in [-0.2, -0.15) is 0 Å². The highest BCUT2D eigenvalue weighted by molar-refractivity contribution is 5.81. The highest BCUT2D eigenvalue weighted by Gasteiger charge is 2.34. The van der Waals surface area contributed by atoms with Gasteiger partial charge in [0.05, 0.1) is 0 Å². The van der Waals surface area contributed by atoms with E-state index >= 15 is 0 Å². The van der Waals surface area contributed by atoms with Crippen LogP contribution in [0, 0.1) is 17.8 Å². The van der Waals surface area contributed by atoms with Crippen LogP contribution in [0.4, 0.5) is 0 Å². The van der Waals surface area contributed by atoms with Crippen molar-refractivity contribution in [1.29, 1.82) is 0 Å². The number of hydrogen-bond acceptors (Lipinski definition) is 2. The molecule has 0 spiro atoms. The minimum absolute atomic E-state index is 0.0818. The second-order valence-electron chi connectivity index (χ2n) is 4.81. The van der Waals surface area contributed by atoms with Gasteiger partial charge in [0, 0.05) is 6.08 Å². The third-order valence-electron chi connectivity index (χ3n) is 3.53. The van der Waals surface area contributed by atoms with Crippen molar-refractivity contribution < 1.29 is 9.53 Å². The maximum atomic E-state index is 11.2. The largest absolute Gasteiger partial charge is 0.459 e. The molecule has 2 atom stereocenters. The Hall–Kier alpha value is -0.790. The second-order valence-corrected chi connectivity index (χ2v) is 4.81. The average molecular weight is 210 g/mol. The monoisotopic (exact) mass is 210 g/mol. The summed E-state index contributed by atoms with van der Waals surface area (Å²) in [6, 6.07) is 0. The zero-order valence-corrected chi connectivity index (χ0v) is 10.0. The molecule has 15 heavy (non-hydrogen) atoms. The van der Waals surface area contributed by atoms with Gasteiger partial charge in [0.15, 0.2) is 0 Å². The third kappa shape index (κ3) is 3.08. The predicted octanol–water partition coefficient (Wildman–Crippen LogP) is 3.18. The average Bonchev–Trinajstić information content (AvgIpc) is 2.22. The maximum Gasteiger partial charge on any atom is 0.330 e. The van der Waals surface area contributed by atoms with Gasteiger partial charge in [0.2, 0.25) is 0 Å². The van der Waals surface area contributed by atoms with Crippen LogP contribution in [0.3, 0.4) is 0 Å². The first-order valence-electron chi connectivity index (χ1n) is 5.91. The summed E-state index contributed by atoms with van der Waals surface area (Å²) in [5.41, 5.74) is 0. The van der Waals surface area contributed by atoms with Gasteiger partial charge in [-0.1, -0.05) is 33.8 Å². The Morgan fingerprint density at radius 3 is 2.33 bits per heavy atom. The molecule has 2 nitrogen and oxygen atoms in total. The summed E-state index contributed by atoms with van der Waals surface area (Å²) in [7, 11) is 0. The van der Waals surface area contributed by atoms with Crippen LogP contribution >= 0.6 is 0 Å². The van der Waals surface area contributed by atoms with Crippen molar-refractivity contribution >= 4 is 5.97 Å². The molecule has 0 aromatic rings. The van der Waals surface area contributed by atoms with Crippen LogP contribution in [0.1, 0.15) is 40.0 Å². The lowest BCUT2D eigenvalue weighted by molar-refractivity contribution is -0.151. The first kappa shape index (κ1) is 12.3. The molecule has 1 fully saturated rings. The third-order valence-corrected chi connectivity index (χ3v) is 3.53. The molecular weight excluding hydrogens is 188 g/mol. The summed E-state index contributed by atoms with van der Waals surface area (Å²) in [6.07, 6.45) is 4.92. The van der Waals surface area contributed by atoms with Crippen LogP contribution in [0.25, 0.3) is 0 Å². The molecule has 0 amide bonds. The van der Waals surface area contributed by atoms with Crippen molar-refractivity contribution in [2.75, 3.05) is 0 Å². The van der Waals surface area contributed by atoms with E-state index in [1.807, 2.05) is 0 Å². The lowest BCUT2D eigenvalue weighted by Crippen LogP contribution is -2.37.